The predicted molar refractivity (Wildman–Crippen MR) is 144 cm³/mol. The lowest BCUT2D eigenvalue weighted by Gasteiger charge is -2.32. The molecule has 1 N–H and O–H groups in total. The zero-order valence-electron chi connectivity index (χ0n) is 19.4. The first-order valence-corrected chi connectivity index (χ1v) is 12.7. The van der Waals surface area contributed by atoms with Gasteiger partial charge in [0.2, 0.25) is 11.8 Å². The zero-order valence-corrected chi connectivity index (χ0v) is 22.4. The van der Waals surface area contributed by atoms with Crippen molar-refractivity contribution in [2.75, 3.05) is 0 Å². The van der Waals surface area contributed by atoms with Gasteiger partial charge < -0.3 is 10.2 Å². The Hall–Kier alpha value is -2.24. The number of rotatable bonds is 9. The summed E-state index contributed by atoms with van der Waals surface area (Å²) in [6.07, 6.45) is 0.339. The van der Waals surface area contributed by atoms with Crippen molar-refractivity contribution < 1.29 is 9.59 Å². The van der Waals surface area contributed by atoms with Gasteiger partial charge >= 0.3 is 0 Å². The van der Waals surface area contributed by atoms with E-state index in [2.05, 4.69) is 5.32 Å². The van der Waals surface area contributed by atoms with Crippen LogP contribution in [-0.2, 0) is 29.0 Å². The summed E-state index contributed by atoms with van der Waals surface area (Å²) in [6, 6.07) is 18.8. The highest BCUT2D eigenvalue weighted by Crippen LogP contribution is 2.26. The highest BCUT2D eigenvalue weighted by molar-refractivity contribution is 6.35. The fourth-order valence-electron chi connectivity index (χ4n) is 3.70. The maximum absolute atomic E-state index is 13.7. The summed E-state index contributed by atoms with van der Waals surface area (Å²) in [4.78, 5) is 28.7. The molecular formula is C27H26Cl4N2O2. The maximum Gasteiger partial charge on any atom is 0.243 e. The van der Waals surface area contributed by atoms with Gasteiger partial charge in [0.25, 0.3) is 0 Å². The lowest BCUT2D eigenvalue weighted by Crippen LogP contribution is -2.52. The molecule has 0 unspecified atom stereocenters. The van der Waals surface area contributed by atoms with Crippen molar-refractivity contribution in [2.45, 2.75) is 45.3 Å². The van der Waals surface area contributed by atoms with Crippen LogP contribution in [0.25, 0.3) is 0 Å². The summed E-state index contributed by atoms with van der Waals surface area (Å²) >= 11 is 24.9. The van der Waals surface area contributed by atoms with Crippen LogP contribution < -0.4 is 5.32 Å². The Labute approximate surface area is 226 Å². The molecule has 1 atom stereocenters. The molecule has 3 rings (SSSR count). The van der Waals surface area contributed by atoms with Crippen LogP contribution in [0.3, 0.4) is 0 Å². The first-order chi connectivity index (χ1) is 16.6. The molecule has 3 aromatic carbocycles. The van der Waals surface area contributed by atoms with Gasteiger partial charge in [-0.05, 0) is 54.8 Å². The third-order valence-corrected chi connectivity index (χ3v) is 6.59. The van der Waals surface area contributed by atoms with E-state index in [-0.39, 0.29) is 30.8 Å². The maximum atomic E-state index is 13.7. The molecule has 0 saturated carbocycles. The molecule has 0 spiro atoms. The molecule has 3 aromatic rings. The fourth-order valence-corrected chi connectivity index (χ4v) is 4.64. The van der Waals surface area contributed by atoms with Crippen LogP contribution in [0.15, 0.2) is 66.7 Å². The molecule has 8 heteroatoms. The Balaban J connectivity index is 2.02. The molecule has 0 saturated heterocycles. The highest BCUT2D eigenvalue weighted by Gasteiger charge is 2.31. The van der Waals surface area contributed by atoms with Gasteiger partial charge in [0.15, 0.2) is 0 Å². The Morgan fingerprint density at radius 3 is 1.94 bits per heavy atom. The van der Waals surface area contributed by atoms with Gasteiger partial charge in [-0.3, -0.25) is 9.59 Å². The lowest BCUT2D eigenvalue weighted by molar-refractivity contribution is -0.141. The standard InChI is InChI=1S/C27H26Cl4N2O2/c1-17(2)32-27(35)25(12-18-6-4-3-5-7-18)33(16-20-9-11-22(29)15-24(20)31)26(34)13-19-8-10-21(28)14-23(19)30/h3-11,14-15,17,25H,12-13,16H2,1-2H3,(H,32,35)/t25-/m0/s1. The van der Waals surface area contributed by atoms with E-state index in [0.29, 0.717) is 37.6 Å². The monoisotopic (exact) mass is 550 g/mol. The number of carbonyl (C=O) groups is 2. The molecule has 0 aliphatic carbocycles. The van der Waals surface area contributed by atoms with Crippen LogP contribution in [0.2, 0.25) is 20.1 Å². The van der Waals surface area contributed by atoms with E-state index in [1.807, 2.05) is 44.2 Å². The van der Waals surface area contributed by atoms with Gasteiger partial charge in [-0.2, -0.15) is 0 Å². The van der Waals surface area contributed by atoms with Crippen molar-refractivity contribution in [2.24, 2.45) is 0 Å². The highest BCUT2D eigenvalue weighted by atomic mass is 35.5. The number of nitrogens with one attached hydrogen (secondary N) is 1. The average molecular weight is 552 g/mol. The molecule has 184 valence electrons. The second-order valence-electron chi connectivity index (χ2n) is 8.54. The molecule has 0 aliphatic rings. The number of benzene rings is 3. The summed E-state index contributed by atoms with van der Waals surface area (Å²) < 4.78 is 0. The molecule has 0 aromatic heterocycles. The lowest BCUT2D eigenvalue weighted by atomic mass is 10.0. The van der Waals surface area contributed by atoms with Crippen LogP contribution in [0.1, 0.15) is 30.5 Å². The second-order valence-corrected chi connectivity index (χ2v) is 10.2. The number of carbonyl (C=O) groups excluding carboxylic acids is 2. The van der Waals surface area contributed by atoms with E-state index in [1.54, 1.807) is 41.3 Å². The number of halogens is 4. The van der Waals surface area contributed by atoms with Gasteiger partial charge in [0.1, 0.15) is 6.04 Å². The van der Waals surface area contributed by atoms with E-state index >= 15 is 0 Å². The number of nitrogens with zero attached hydrogens (tertiary/aromatic N) is 1. The summed E-state index contributed by atoms with van der Waals surface area (Å²) in [5.74, 6) is -0.510. The third kappa shape index (κ3) is 7.88. The van der Waals surface area contributed by atoms with Crippen molar-refractivity contribution in [1.29, 1.82) is 0 Å². The zero-order chi connectivity index (χ0) is 25.5. The molecule has 0 radical (unpaired) electrons. The SMILES string of the molecule is CC(C)NC(=O)[C@H](Cc1ccccc1)N(Cc1ccc(Cl)cc1Cl)C(=O)Cc1ccc(Cl)cc1Cl. The topological polar surface area (TPSA) is 49.4 Å². The van der Waals surface area contributed by atoms with Crippen LogP contribution in [0.4, 0.5) is 0 Å². The Morgan fingerprint density at radius 2 is 1.40 bits per heavy atom. The number of hydrogen-bond acceptors (Lipinski definition) is 2. The normalized spacial score (nSPS) is 11.9. The third-order valence-electron chi connectivity index (χ3n) is 5.41. The van der Waals surface area contributed by atoms with Crippen molar-refractivity contribution in [3.8, 4) is 0 Å². The van der Waals surface area contributed by atoms with Crippen LogP contribution in [-0.4, -0.2) is 28.8 Å². The van der Waals surface area contributed by atoms with Crippen molar-refractivity contribution in [1.82, 2.24) is 10.2 Å². The molecule has 2 amide bonds. The number of amides is 2. The molecule has 35 heavy (non-hydrogen) atoms. The van der Waals surface area contributed by atoms with Gasteiger partial charge in [0.05, 0.1) is 6.42 Å². The van der Waals surface area contributed by atoms with Crippen LogP contribution in [0.5, 0.6) is 0 Å². The van der Waals surface area contributed by atoms with Gasteiger partial charge in [-0.25, -0.2) is 0 Å². The van der Waals surface area contributed by atoms with Gasteiger partial charge in [-0.15, -0.1) is 0 Å². The minimum absolute atomic E-state index is 0.00145. The minimum atomic E-state index is -0.773. The Bertz CT molecular complexity index is 1190. The van der Waals surface area contributed by atoms with Gasteiger partial charge in [0, 0.05) is 39.1 Å². The summed E-state index contributed by atoms with van der Waals surface area (Å²) in [5, 5.41) is 4.74. The van der Waals surface area contributed by atoms with E-state index < -0.39 is 6.04 Å². The quantitative estimate of drug-likeness (QED) is 0.311. The summed E-state index contributed by atoms with van der Waals surface area (Å²) in [5.41, 5.74) is 2.24. The molecule has 0 heterocycles. The molecule has 0 aliphatic heterocycles. The number of hydrogen-bond donors (Lipinski definition) is 1. The summed E-state index contributed by atoms with van der Waals surface area (Å²) in [6.45, 7) is 3.89. The average Bonchev–Trinajstić information content (AvgIpc) is 2.79. The Kier molecular flexibility index (Phi) is 9.88. The van der Waals surface area contributed by atoms with E-state index in [4.69, 9.17) is 46.4 Å². The van der Waals surface area contributed by atoms with Crippen molar-refractivity contribution in [3.63, 3.8) is 0 Å². The Morgan fingerprint density at radius 1 is 0.829 bits per heavy atom. The smallest absolute Gasteiger partial charge is 0.243 e. The minimum Gasteiger partial charge on any atom is -0.352 e. The van der Waals surface area contributed by atoms with E-state index in [9.17, 15) is 9.59 Å². The van der Waals surface area contributed by atoms with E-state index in [0.717, 1.165) is 5.56 Å². The van der Waals surface area contributed by atoms with Crippen molar-refractivity contribution in [3.05, 3.63) is 104 Å². The van der Waals surface area contributed by atoms with Crippen molar-refractivity contribution >= 4 is 58.2 Å². The summed E-state index contributed by atoms with van der Waals surface area (Å²) in [7, 11) is 0. The fraction of sp³-hybridized carbons (Fsp3) is 0.259. The second kappa shape index (κ2) is 12.6. The van der Waals surface area contributed by atoms with Crippen LogP contribution >= 0.6 is 46.4 Å². The molecule has 0 fully saturated rings. The molecular weight excluding hydrogens is 526 g/mol. The molecule has 0 bridgehead atoms. The first-order valence-electron chi connectivity index (χ1n) is 11.2. The van der Waals surface area contributed by atoms with Gasteiger partial charge in [-0.1, -0.05) is 88.9 Å². The van der Waals surface area contributed by atoms with Crippen LogP contribution in [0, 0.1) is 0 Å². The first kappa shape index (κ1) is 27.3. The molecule has 4 nitrogen and oxygen atoms in total. The van der Waals surface area contributed by atoms with E-state index in [1.165, 1.54) is 0 Å². The largest absolute Gasteiger partial charge is 0.352 e. The predicted octanol–water partition coefficient (Wildman–Crippen LogP) is 7.01.